The van der Waals surface area contributed by atoms with Gasteiger partial charge in [-0.2, -0.15) is 18.3 Å². The first-order chi connectivity index (χ1) is 22.2. The molecular formula is C34H27F3N6O3. The van der Waals surface area contributed by atoms with Crippen molar-refractivity contribution in [1.82, 2.24) is 15.4 Å². The number of ether oxygens (including phenoxy) is 2. The van der Waals surface area contributed by atoms with Crippen molar-refractivity contribution in [3.05, 3.63) is 119 Å². The summed E-state index contributed by atoms with van der Waals surface area (Å²) in [5, 5.41) is 5.01. The number of halogens is 3. The minimum Gasteiger partial charge on any atom is -0.496 e. The molecule has 12 heteroatoms. The summed E-state index contributed by atoms with van der Waals surface area (Å²) in [5.74, 6) is 1.13. The Bertz CT molecular complexity index is 1960. The number of rotatable bonds is 7. The number of hydrazone groups is 1. The summed E-state index contributed by atoms with van der Waals surface area (Å²) >= 11 is 0. The number of alkyl halides is 3. The smallest absolute Gasteiger partial charge is 0.421 e. The molecule has 0 unspecified atom stereocenters. The Kier molecular flexibility index (Phi) is 8.34. The van der Waals surface area contributed by atoms with E-state index >= 15 is 0 Å². The molecule has 6 rings (SSSR count). The highest BCUT2D eigenvalue weighted by molar-refractivity contribution is 6.15. The highest BCUT2D eigenvalue weighted by Crippen LogP contribution is 2.32. The predicted octanol–water partition coefficient (Wildman–Crippen LogP) is 7.87. The highest BCUT2D eigenvalue weighted by atomic mass is 19.4. The van der Waals surface area contributed by atoms with Crippen molar-refractivity contribution in [2.75, 3.05) is 12.0 Å². The van der Waals surface area contributed by atoms with Gasteiger partial charge in [0.05, 0.1) is 47.1 Å². The number of amidine groups is 1. The summed E-state index contributed by atoms with van der Waals surface area (Å²) < 4.78 is 50.5. The number of nitrogens with one attached hydrogen (secondary N) is 1. The lowest BCUT2D eigenvalue weighted by Crippen LogP contribution is -2.28. The molecule has 2 heterocycles. The normalized spacial score (nSPS) is 13.8. The molecular weight excluding hydrogens is 597 g/mol. The Morgan fingerprint density at radius 3 is 2.52 bits per heavy atom. The average Bonchev–Trinajstić information content (AvgIpc) is 3.52. The summed E-state index contributed by atoms with van der Waals surface area (Å²) in [6.07, 6.45) is -3.26. The van der Waals surface area contributed by atoms with Crippen molar-refractivity contribution in [3.63, 3.8) is 0 Å². The maximum atomic E-state index is 13.6. The fourth-order valence-electron chi connectivity index (χ4n) is 4.90. The Labute approximate surface area is 262 Å². The van der Waals surface area contributed by atoms with Crippen molar-refractivity contribution in [2.24, 2.45) is 10.1 Å². The maximum Gasteiger partial charge on any atom is 0.421 e. The van der Waals surface area contributed by atoms with Gasteiger partial charge in [0.2, 0.25) is 5.95 Å². The zero-order valence-electron chi connectivity index (χ0n) is 24.7. The molecule has 1 aliphatic heterocycles. The number of aromatic nitrogens is 2. The van der Waals surface area contributed by atoms with Crippen LogP contribution in [0.5, 0.6) is 5.75 Å². The van der Waals surface area contributed by atoms with Gasteiger partial charge in [-0.25, -0.2) is 24.7 Å². The minimum absolute atomic E-state index is 0.0469. The van der Waals surface area contributed by atoms with Crippen LogP contribution in [0.1, 0.15) is 28.7 Å². The summed E-state index contributed by atoms with van der Waals surface area (Å²) in [4.78, 5) is 28.3. The van der Waals surface area contributed by atoms with Crippen LogP contribution in [-0.2, 0) is 17.5 Å². The zero-order valence-corrected chi connectivity index (χ0v) is 24.7. The van der Waals surface area contributed by atoms with E-state index in [2.05, 4.69) is 25.5 Å². The van der Waals surface area contributed by atoms with E-state index in [9.17, 15) is 18.0 Å². The quantitative estimate of drug-likeness (QED) is 0.198. The van der Waals surface area contributed by atoms with E-state index in [4.69, 9.17) is 9.47 Å². The first-order valence-electron chi connectivity index (χ1n) is 14.2. The molecule has 1 aliphatic rings. The van der Waals surface area contributed by atoms with Crippen LogP contribution in [0.2, 0.25) is 0 Å². The number of hydrogen-bond acceptors (Lipinski definition) is 7. The molecule has 1 aromatic heterocycles. The van der Waals surface area contributed by atoms with Gasteiger partial charge in [-0.15, -0.1) is 0 Å². The number of amides is 1. The Morgan fingerprint density at radius 1 is 1.00 bits per heavy atom. The number of hydrogen-bond donors (Lipinski definition) is 1. The number of fused-ring (bicyclic) bond motifs is 1. The standard InChI is InChI=1S/C34H27F3N6O3/c1-21-15-29-27(30(16-21)45-2)19-38-32(40-29)43(33(44)46-20-22-7-4-3-5-8-22)26-13-11-23(12-14-26)28-18-31(42-41-28)39-25-10-6-9-24(17-25)34(35,36)37/h3-17,19H,18,20H2,1-2H3,(H,39,42). The number of anilines is 2. The first kappa shape index (κ1) is 30.3. The number of methoxy groups -OCH3 is 1. The molecule has 4 aromatic carbocycles. The number of benzene rings is 4. The van der Waals surface area contributed by atoms with Gasteiger partial charge in [0, 0.05) is 6.20 Å². The van der Waals surface area contributed by atoms with Crippen molar-refractivity contribution < 1.29 is 27.4 Å². The number of carbonyl (C=O) groups is 1. The summed E-state index contributed by atoms with van der Waals surface area (Å²) in [6.45, 7) is 1.97. The van der Waals surface area contributed by atoms with Crippen LogP contribution < -0.4 is 15.1 Å². The van der Waals surface area contributed by atoms with Crippen molar-refractivity contribution in [1.29, 1.82) is 0 Å². The van der Waals surface area contributed by atoms with E-state index in [0.29, 0.717) is 33.9 Å². The fraction of sp³-hybridized carbons (Fsp3) is 0.147. The van der Waals surface area contributed by atoms with E-state index in [-0.39, 0.29) is 24.7 Å². The third kappa shape index (κ3) is 6.65. The second kappa shape index (κ2) is 12.7. The first-order valence-corrected chi connectivity index (χ1v) is 14.2. The van der Waals surface area contributed by atoms with Crippen molar-refractivity contribution in [2.45, 2.75) is 26.1 Å². The van der Waals surface area contributed by atoms with E-state index < -0.39 is 17.8 Å². The van der Waals surface area contributed by atoms with E-state index in [1.54, 1.807) is 37.6 Å². The van der Waals surface area contributed by atoms with Gasteiger partial charge in [-0.05, 0) is 66.1 Å². The molecule has 0 saturated carbocycles. The molecule has 232 valence electrons. The third-order valence-electron chi connectivity index (χ3n) is 7.15. The molecule has 5 aromatic rings. The number of nitrogens with zero attached hydrogens (tertiary/aromatic N) is 5. The van der Waals surface area contributed by atoms with Gasteiger partial charge < -0.3 is 9.47 Å². The topological polar surface area (TPSA) is 101 Å². The second-order valence-corrected chi connectivity index (χ2v) is 10.4. The Hall–Kier alpha value is -5.78. The van der Waals surface area contributed by atoms with Crippen molar-refractivity contribution >= 4 is 45.9 Å². The maximum absolute atomic E-state index is 13.6. The number of aryl methyl sites for hydroxylation is 1. The number of aliphatic imine (C=N–C) groups is 1. The van der Waals surface area contributed by atoms with Gasteiger partial charge in [0.25, 0.3) is 0 Å². The van der Waals surface area contributed by atoms with Crippen LogP contribution in [-0.4, -0.2) is 34.7 Å². The van der Waals surface area contributed by atoms with Crippen LogP contribution in [0.15, 0.2) is 107 Å². The summed E-state index contributed by atoms with van der Waals surface area (Å²) in [7, 11) is 1.57. The Balaban J connectivity index is 1.27. The monoisotopic (exact) mass is 624 g/mol. The summed E-state index contributed by atoms with van der Waals surface area (Å²) in [5.41, 5.74) is 6.33. The Morgan fingerprint density at radius 2 is 1.78 bits per heavy atom. The fourth-order valence-corrected chi connectivity index (χ4v) is 4.90. The predicted molar refractivity (Wildman–Crippen MR) is 169 cm³/mol. The lowest BCUT2D eigenvalue weighted by molar-refractivity contribution is -0.137. The van der Waals surface area contributed by atoms with Crippen LogP contribution in [0.25, 0.3) is 10.9 Å². The van der Waals surface area contributed by atoms with Crippen molar-refractivity contribution in [3.8, 4) is 5.75 Å². The molecule has 1 N–H and O–H groups in total. The molecule has 0 fully saturated rings. The summed E-state index contributed by atoms with van der Waals surface area (Å²) in [6, 6.07) is 24.8. The molecule has 46 heavy (non-hydrogen) atoms. The second-order valence-electron chi connectivity index (χ2n) is 10.4. The molecule has 0 atom stereocenters. The third-order valence-corrected chi connectivity index (χ3v) is 7.15. The van der Waals surface area contributed by atoms with E-state index in [1.165, 1.54) is 17.0 Å². The van der Waals surface area contributed by atoms with Crippen LogP contribution >= 0.6 is 0 Å². The molecule has 0 bridgehead atoms. The molecule has 0 aliphatic carbocycles. The largest absolute Gasteiger partial charge is 0.496 e. The molecule has 9 nitrogen and oxygen atoms in total. The average molecular weight is 625 g/mol. The zero-order chi connectivity index (χ0) is 32.3. The van der Waals surface area contributed by atoms with Gasteiger partial charge in [0.15, 0.2) is 0 Å². The lowest BCUT2D eigenvalue weighted by Gasteiger charge is -2.21. The molecule has 0 spiro atoms. The molecule has 0 radical (unpaired) electrons. The van der Waals surface area contributed by atoms with E-state index in [1.807, 2.05) is 49.4 Å². The minimum atomic E-state index is -4.46. The van der Waals surface area contributed by atoms with E-state index in [0.717, 1.165) is 28.8 Å². The van der Waals surface area contributed by atoms with Crippen LogP contribution in [0.4, 0.5) is 35.3 Å². The molecule has 0 saturated heterocycles. The van der Waals surface area contributed by atoms with Gasteiger partial charge in [-0.3, -0.25) is 5.43 Å². The van der Waals surface area contributed by atoms with Gasteiger partial charge >= 0.3 is 12.3 Å². The van der Waals surface area contributed by atoms with Gasteiger partial charge in [-0.1, -0.05) is 48.5 Å². The SMILES string of the molecule is COc1cc(C)cc2nc(N(C(=O)OCc3ccccc3)c3ccc(C4=NNC(=Nc5cccc(C(F)(F)F)c5)C4)cc3)ncc12. The van der Waals surface area contributed by atoms with Crippen LogP contribution in [0, 0.1) is 6.92 Å². The lowest BCUT2D eigenvalue weighted by atomic mass is 10.1. The van der Waals surface area contributed by atoms with Crippen LogP contribution in [0.3, 0.4) is 0 Å². The van der Waals surface area contributed by atoms with Gasteiger partial charge in [0.1, 0.15) is 18.2 Å². The number of carbonyl (C=O) groups excluding carboxylic acids is 1. The molecule has 1 amide bonds. The highest BCUT2D eigenvalue weighted by Gasteiger charge is 2.30.